The van der Waals surface area contributed by atoms with Crippen LogP contribution in [0.1, 0.15) is 19.9 Å². The number of hydrogen-bond donors (Lipinski definition) is 0. The number of ether oxygens (including phenoxy) is 6. The molecule has 0 aliphatic carbocycles. The Morgan fingerprint density at radius 2 is 0.976 bits per heavy atom. The molecule has 0 N–H and O–H groups in total. The van der Waals surface area contributed by atoms with Crippen LogP contribution < -0.4 is 28.4 Å². The summed E-state index contributed by atoms with van der Waals surface area (Å²) >= 11 is 0. The molecule has 0 fully saturated rings. The number of methoxy groups -OCH3 is 6. The Labute approximate surface area is 244 Å². The Morgan fingerprint density at radius 3 is 1.48 bits per heavy atom. The lowest BCUT2D eigenvalue weighted by molar-refractivity contribution is 0.355. The van der Waals surface area contributed by atoms with E-state index < -0.39 is 0 Å². The molecule has 0 amide bonds. The van der Waals surface area contributed by atoms with Crippen molar-refractivity contribution in [1.29, 1.82) is 0 Å². The summed E-state index contributed by atoms with van der Waals surface area (Å²) in [4.78, 5) is 15.2. The highest BCUT2D eigenvalue weighted by Crippen LogP contribution is 2.40. The zero-order valence-corrected chi connectivity index (χ0v) is 25.0. The van der Waals surface area contributed by atoms with E-state index in [1.54, 1.807) is 42.7 Å². The molecule has 0 atom stereocenters. The van der Waals surface area contributed by atoms with Gasteiger partial charge in [-0.15, -0.1) is 0 Å². The topological polar surface area (TPSA) is 99.0 Å². The number of imidazole rings is 1. The van der Waals surface area contributed by atoms with Gasteiger partial charge in [0.1, 0.15) is 17.0 Å². The van der Waals surface area contributed by atoms with Crippen LogP contribution in [0.2, 0.25) is 0 Å². The number of nitrogens with zero attached hydrogens (tertiary/aromatic N) is 4. The van der Waals surface area contributed by atoms with Crippen LogP contribution >= 0.6 is 0 Å². The van der Waals surface area contributed by atoms with Gasteiger partial charge in [-0.3, -0.25) is 0 Å². The molecule has 0 aliphatic heterocycles. The molecule has 10 nitrogen and oxygen atoms in total. The zero-order chi connectivity index (χ0) is 30.0. The van der Waals surface area contributed by atoms with Gasteiger partial charge in [-0.2, -0.15) is 0 Å². The number of hydrogen-bond acceptors (Lipinski definition) is 9. The molecule has 0 saturated heterocycles. The van der Waals surface area contributed by atoms with Crippen molar-refractivity contribution >= 4 is 11.2 Å². The molecule has 42 heavy (non-hydrogen) atoms. The van der Waals surface area contributed by atoms with Gasteiger partial charge in [0, 0.05) is 22.7 Å². The quantitative estimate of drug-likeness (QED) is 0.187. The minimum absolute atomic E-state index is 0.0181. The van der Waals surface area contributed by atoms with Gasteiger partial charge in [0.15, 0.2) is 46.0 Å². The molecule has 0 bridgehead atoms. The maximum Gasteiger partial charge on any atom is 0.165 e. The van der Waals surface area contributed by atoms with E-state index in [0.29, 0.717) is 57.2 Å². The van der Waals surface area contributed by atoms with E-state index >= 15 is 0 Å². The zero-order valence-electron chi connectivity index (χ0n) is 25.0. The average molecular weight is 571 g/mol. The fourth-order valence-corrected chi connectivity index (χ4v) is 4.93. The minimum Gasteiger partial charge on any atom is -0.493 e. The monoisotopic (exact) mass is 570 g/mol. The second kappa shape index (κ2) is 11.9. The third kappa shape index (κ3) is 5.00. The standard InChI is InChI=1S/C32H34N4O6/c1-18(2)36-31(21-11-14-24(39-5)27(17-21)42-8)34-29-28(19-9-12-22(37-3)25(15-19)40-6)33-30(35-32(29)36)20-10-13-23(38-4)26(16-20)41-7/h9-18H,1-8H3. The van der Waals surface area contributed by atoms with Crippen LogP contribution in [0.3, 0.4) is 0 Å². The molecule has 5 aromatic rings. The summed E-state index contributed by atoms with van der Waals surface area (Å²) in [7, 11) is 9.64. The predicted octanol–water partition coefficient (Wildman–Crippen LogP) is 6.46. The lowest BCUT2D eigenvalue weighted by Gasteiger charge is -2.15. The minimum atomic E-state index is 0.0181. The first-order valence-electron chi connectivity index (χ1n) is 13.3. The van der Waals surface area contributed by atoms with Crippen LogP contribution in [0.4, 0.5) is 0 Å². The summed E-state index contributed by atoms with van der Waals surface area (Å²) in [6.07, 6.45) is 0. The van der Waals surface area contributed by atoms with E-state index in [-0.39, 0.29) is 6.04 Å². The Bertz CT molecular complexity index is 1750. The first kappa shape index (κ1) is 28.5. The molecule has 2 heterocycles. The molecule has 10 heteroatoms. The number of aromatic nitrogens is 4. The van der Waals surface area contributed by atoms with Gasteiger partial charge in [-0.05, 0) is 68.4 Å². The first-order valence-corrected chi connectivity index (χ1v) is 13.3. The van der Waals surface area contributed by atoms with Gasteiger partial charge in [-0.25, -0.2) is 15.0 Å². The SMILES string of the molecule is COc1ccc(-c2nc(-c3ccc(OC)c(OC)c3)c3nc(-c4ccc(OC)c(OC)c4)n(C(C)C)c3n2)cc1OC. The molecule has 3 aromatic carbocycles. The predicted molar refractivity (Wildman–Crippen MR) is 161 cm³/mol. The first-order chi connectivity index (χ1) is 20.4. The highest BCUT2D eigenvalue weighted by molar-refractivity contribution is 5.92. The van der Waals surface area contributed by atoms with Crippen molar-refractivity contribution in [2.45, 2.75) is 19.9 Å². The summed E-state index contributed by atoms with van der Waals surface area (Å²) in [6.45, 7) is 4.19. The van der Waals surface area contributed by atoms with E-state index in [9.17, 15) is 0 Å². The summed E-state index contributed by atoms with van der Waals surface area (Å²) in [5, 5.41) is 0. The molecular formula is C32H34N4O6. The normalized spacial score (nSPS) is 11.1. The van der Waals surface area contributed by atoms with Gasteiger partial charge in [0.05, 0.1) is 42.7 Å². The van der Waals surface area contributed by atoms with E-state index in [1.165, 1.54) is 0 Å². The van der Waals surface area contributed by atoms with Crippen LogP contribution in [-0.2, 0) is 0 Å². The average Bonchev–Trinajstić information content (AvgIpc) is 3.43. The third-order valence-corrected chi connectivity index (χ3v) is 7.00. The third-order valence-electron chi connectivity index (χ3n) is 7.00. The van der Waals surface area contributed by atoms with E-state index in [2.05, 4.69) is 18.4 Å². The summed E-state index contributed by atoms with van der Waals surface area (Å²) in [5.41, 5.74) is 4.39. The van der Waals surface area contributed by atoms with Crippen LogP contribution in [-0.4, -0.2) is 62.2 Å². The van der Waals surface area contributed by atoms with Gasteiger partial charge in [0.2, 0.25) is 0 Å². The van der Waals surface area contributed by atoms with Crippen molar-refractivity contribution in [3.63, 3.8) is 0 Å². The molecule has 2 aromatic heterocycles. The Balaban J connectivity index is 1.84. The molecule has 0 saturated carbocycles. The molecule has 0 radical (unpaired) electrons. The summed E-state index contributed by atoms with van der Waals surface area (Å²) in [5.74, 6) is 4.86. The lowest BCUT2D eigenvalue weighted by Crippen LogP contribution is -2.05. The van der Waals surface area contributed by atoms with Crippen molar-refractivity contribution in [2.75, 3.05) is 42.7 Å². The molecule has 0 aliphatic rings. The van der Waals surface area contributed by atoms with Crippen molar-refractivity contribution in [2.24, 2.45) is 0 Å². The molecule has 218 valence electrons. The fourth-order valence-electron chi connectivity index (χ4n) is 4.93. The van der Waals surface area contributed by atoms with Gasteiger partial charge in [-0.1, -0.05) is 0 Å². The molecular weight excluding hydrogens is 536 g/mol. The van der Waals surface area contributed by atoms with Crippen LogP contribution in [0.25, 0.3) is 45.2 Å². The van der Waals surface area contributed by atoms with Gasteiger partial charge in [0.25, 0.3) is 0 Å². The van der Waals surface area contributed by atoms with Crippen molar-refractivity contribution in [3.05, 3.63) is 54.6 Å². The van der Waals surface area contributed by atoms with Crippen LogP contribution in [0.5, 0.6) is 34.5 Å². The highest BCUT2D eigenvalue weighted by Gasteiger charge is 2.24. The second-order valence-electron chi connectivity index (χ2n) is 9.68. The molecule has 5 rings (SSSR count). The van der Waals surface area contributed by atoms with Crippen molar-refractivity contribution < 1.29 is 28.4 Å². The molecule has 0 spiro atoms. The Kier molecular flexibility index (Phi) is 8.06. The van der Waals surface area contributed by atoms with Crippen molar-refractivity contribution in [3.8, 4) is 68.5 Å². The van der Waals surface area contributed by atoms with E-state index in [4.69, 9.17) is 43.4 Å². The second-order valence-corrected chi connectivity index (χ2v) is 9.68. The van der Waals surface area contributed by atoms with E-state index in [1.807, 2.05) is 54.6 Å². The number of benzene rings is 3. The van der Waals surface area contributed by atoms with Gasteiger partial charge >= 0.3 is 0 Å². The maximum atomic E-state index is 5.61. The summed E-state index contributed by atoms with van der Waals surface area (Å²) in [6, 6.07) is 17.1. The lowest BCUT2D eigenvalue weighted by atomic mass is 10.1. The number of rotatable bonds is 10. The van der Waals surface area contributed by atoms with Crippen LogP contribution in [0, 0.1) is 0 Å². The smallest absolute Gasteiger partial charge is 0.165 e. The Hall–Kier alpha value is -4.99. The van der Waals surface area contributed by atoms with Gasteiger partial charge < -0.3 is 33.0 Å². The maximum absolute atomic E-state index is 5.61. The van der Waals surface area contributed by atoms with Crippen molar-refractivity contribution in [1.82, 2.24) is 19.5 Å². The highest BCUT2D eigenvalue weighted by atomic mass is 16.5. The van der Waals surface area contributed by atoms with Crippen LogP contribution in [0.15, 0.2) is 54.6 Å². The largest absolute Gasteiger partial charge is 0.493 e. The fraction of sp³-hybridized carbons (Fsp3) is 0.281. The Morgan fingerprint density at radius 1 is 0.524 bits per heavy atom. The van der Waals surface area contributed by atoms with E-state index in [0.717, 1.165) is 22.5 Å². The molecule has 0 unspecified atom stereocenters. The number of fused-ring (bicyclic) bond motifs is 1. The summed E-state index contributed by atoms with van der Waals surface area (Å²) < 4.78 is 35.3.